The minimum absolute atomic E-state index is 0.0116. The van der Waals surface area contributed by atoms with Crippen molar-refractivity contribution < 1.29 is 27.7 Å². The molecule has 13 nitrogen and oxygen atoms in total. The average molecular weight is 606 g/mol. The quantitative estimate of drug-likeness (QED) is 0.181. The van der Waals surface area contributed by atoms with Crippen LogP contribution < -0.4 is 11.5 Å². The van der Waals surface area contributed by atoms with Crippen LogP contribution in [0.5, 0.6) is 0 Å². The van der Waals surface area contributed by atoms with Crippen LogP contribution in [0.3, 0.4) is 0 Å². The molecule has 5 atom stereocenters. The number of anilines is 1. The van der Waals surface area contributed by atoms with Crippen molar-refractivity contribution in [3.05, 3.63) is 46.3 Å². The van der Waals surface area contributed by atoms with Gasteiger partial charge in [-0.15, -0.1) is 0 Å². The van der Waals surface area contributed by atoms with Gasteiger partial charge < -0.3 is 14.9 Å². The van der Waals surface area contributed by atoms with E-state index in [9.17, 15) is 14.7 Å². The van der Waals surface area contributed by atoms with E-state index in [2.05, 4.69) is 48.8 Å². The lowest BCUT2D eigenvalue weighted by molar-refractivity contribution is -0.384. The molecule has 1 aromatic carbocycles. The Morgan fingerprint density at radius 1 is 1.30 bits per heavy atom. The summed E-state index contributed by atoms with van der Waals surface area (Å²) in [4.78, 5) is 23.6. The van der Waals surface area contributed by atoms with Crippen molar-refractivity contribution in [2.24, 2.45) is 0 Å². The number of ether oxygens (including phenoxy) is 1. The standard InChI is InChI=1S/C23H32BN6O7PSSi/c1-23(2,3)40(4,5)37-18-17-15(35-21(18)29-20-16(28-22(29)24)19(25)26-12-27-20)10-34-38(33,36-17)39-11-13-6-8-14(9-7-13)30(31)32/h6-9,12,15,17-18,21H,10-11,24H2,1-5H3,(H2,25,26,27). The number of benzene rings is 1. The summed E-state index contributed by atoms with van der Waals surface area (Å²) in [7, 11) is -0.541. The number of nitrogens with two attached hydrogens (primary N) is 1. The maximum atomic E-state index is 13.8. The van der Waals surface area contributed by atoms with Crippen molar-refractivity contribution in [3.8, 4) is 0 Å². The number of nitrogen functional groups attached to an aromatic ring is 1. The van der Waals surface area contributed by atoms with Crippen molar-refractivity contribution in [2.75, 3.05) is 12.3 Å². The molecule has 5 rings (SSSR count). The van der Waals surface area contributed by atoms with Gasteiger partial charge in [-0.25, -0.2) is 19.5 Å². The zero-order chi connectivity index (χ0) is 29.0. The second kappa shape index (κ2) is 10.5. The molecule has 2 saturated heterocycles. The summed E-state index contributed by atoms with van der Waals surface area (Å²) in [5.74, 6) is 0.544. The van der Waals surface area contributed by atoms with E-state index in [-0.39, 0.29) is 28.9 Å². The number of nitro benzene ring substituents is 1. The van der Waals surface area contributed by atoms with E-state index >= 15 is 0 Å². The first kappa shape index (κ1) is 29.2. The van der Waals surface area contributed by atoms with Crippen LogP contribution in [0.15, 0.2) is 30.6 Å². The summed E-state index contributed by atoms with van der Waals surface area (Å²) in [6.45, 7) is 7.12. The maximum absolute atomic E-state index is 13.8. The van der Waals surface area contributed by atoms with Crippen LogP contribution in [0.1, 0.15) is 32.6 Å². The monoisotopic (exact) mass is 606 g/mol. The molecule has 2 aliphatic heterocycles. The number of hydrogen-bond donors (Lipinski definition) is 1. The lowest BCUT2D eigenvalue weighted by atomic mass is 10.1. The molecular formula is C23H32BN6O7PSSi. The highest BCUT2D eigenvalue weighted by atomic mass is 32.7. The number of imidazole rings is 1. The highest BCUT2D eigenvalue weighted by Gasteiger charge is 2.56. The molecule has 214 valence electrons. The first-order chi connectivity index (χ1) is 18.7. The van der Waals surface area contributed by atoms with E-state index in [0.717, 1.165) is 16.9 Å². The molecule has 40 heavy (non-hydrogen) atoms. The van der Waals surface area contributed by atoms with E-state index in [4.69, 9.17) is 23.9 Å². The van der Waals surface area contributed by atoms with Crippen molar-refractivity contribution >= 4 is 62.7 Å². The molecule has 3 aromatic rings. The zero-order valence-corrected chi connectivity index (χ0v) is 25.8. The number of hydrogen-bond acceptors (Lipinski definition) is 12. The average Bonchev–Trinajstić information content (AvgIpc) is 3.39. The first-order valence-corrected chi connectivity index (χ1v) is 18.8. The summed E-state index contributed by atoms with van der Waals surface area (Å²) < 4.78 is 41.0. The Morgan fingerprint density at radius 3 is 2.65 bits per heavy atom. The second-order valence-electron chi connectivity index (χ2n) is 11.4. The van der Waals surface area contributed by atoms with Crippen LogP contribution in [0.4, 0.5) is 11.5 Å². The van der Waals surface area contributed by atoms with Crippen molar-refractivity contribution in [1.29, 1.82) is 0 Å². The molecule has 0 saturated carbocycles. The molecule has 5 unspecified atom stereocenters. The third-order valence-electron chi connectivity index (χ3n) is 7.64. The predicted octanol–water partition coefficient (Wildman–Crippen LogP) is 3.32. The Hall–Kier alpha value is -2.33. The van der Waals surface area contributed by atoms with E-state index in [1.165, 1.54) is 18.5 Å². The molecule has 17 heteroatoms. The summed E-state index contributed by atoms with van der Waals surface area (Å²) in [6.07, 6.45) is -1.16. The summed E-state index contributed by atoms with van der Waals surface area (Å²) in [5, 5.41) is 10.8. The van der Waals surface area contributed by atoms with Gasteiger partial charge in [0.05, 0.1) is 17.3 Å². The molecule has 2 fully saturated rings. The third-order valence-corrected chi connectivity index (χ3v) is 15.8. The molecule has 2 aromatic heterocycles. The number of fused-ring (bicyclic) bond motifs is 2. The molecule has 0 radical (unpaired) electrons. The Bertz CT molecular complexity index is 1490. The van der Waals surface area contributed by atoms with Crippen LogP contribution in [0, 0.1) is 10.1 Å². The van der Waals surface area contributed by atoms with Crippen LogP contribution in [-0.4, -0.2) is 65.5 Å². The lowest BCUT2D eigenvalue weighted by Crippen LogP contribution is -2.50. The van der Waals surface area contributed by atoms with E-state index in [0.29, 0.717) is 16.9 Å². The Labute approximate surface area is 237 Å². The van der Waals surface area contributed by atoms with Gasteiger partial charge in [-0.05, 0) is 35.1 Å². The number of rotatable bonds is 7. The predicted molar refractivity (Wildman–Crippen MR) is 157 cm³/mol. The highest BCUT2D eigenvalue weighted by Crippen LogP contribution is 2.66. The Morgan fingerprint density at radius 2 is 2.00 bits per heavy atom. The second-order valence-corrected chi connectivity index (χ2v) is 20.2. The number of aromatic nitrogens is 4. The van der Waals surface area contributed by atoms with Crippen LogP contribution in [0.2, 0.25) is 18.1 Å². The van der Waals surface area contributed by atoms with Crippen LogP contribution in [0.25, 0.3) is 11.2 Å². The van der Waals surface area contributed by atoms with E-state index < -0.39 is 44.6 Å². The van der Waals surface area contributed by atoms with Gasteiger partial charge in [0.15, 0.2) is 33.9 Å². The highest BCUT2D eigenvalue weighted by molar-refractivity contribution is 8.54. The summed E-state index contributed by atoms with van der Waals surface area (Å²) >= 11 is 1.03. The number of non-ortho nitro benzene ring substituents is 1. The number of nitro groups is 1. The molecular weight excluding hydrogens is 574 g/mol. The van der Waals surface area contributed by atoms with Crippen molar-refractivity contribution in [3.63, 3.8) is 0 Å². The fraction of sp³-hybridized carbons (Fsp3) is 0.522. The van der Waals surface area contributed by atoms with Gasteiger partial charge >= 0.3 is 6.80 Å². The summed E-state index contributed by atoms with van der Waals surface area (Å²) in [6, 6.07) is 6.08. The van der Waals surface area contributed by atoms with Crippen LogP contribution >= 0.6 is 18.2 Å². The molecule has 2 aliphatic rings. The van der Waals surface area contributed by atoms with Gasteiger partial charge in [0.1, 0.15) is 30.2 Å². The van der Waals surface area contributed by atoms with E-state index in [1.807, 2.05) is 12.4 Å². The first-order valence-electron chi connectivity index (χ1n) is 12.8. The van der Waals surface area contributed by atoms with Gasteiger partial charge in [0, 0.05) is 17.9 Å². The number of nitrogens with zero attached hydrogens (tertiary/aromatic N) is 5. The fourth-order valence-corrected chi connectivity index (χ4v) is 9.11. The normalized spacial score (nSPS) is 27.1. The SMILES string of the molecule is Bc1nc2c(N)ncnc2n1C1OC2COP(=O)(SCc3ccc([N+](=O)[O-])cc3)OC2C1O[Si](C)(C)C(C)(C)C. The lowest BCUT2D eigenvalue weighted by Gasteiger charge is -2.41. The topological polar surface area (TPSA) is 167 Å². The molecule has 0 bridgehead atoms. The van der Waals surface area contributed by atoms with E-state index in [1.54, 1.807) is 12.1 Å². The maximum Gasteiger partial charge on any atom is 0.389 e. The largest absolute Gasteiger partial charge is 0.407 e. The molecule has 0 aliphatic carbocycles. The smallest absolute Gasteiger partial charge is 0.389 e. The zero-order valence-electron chi connectivity index (χ0n) is 23.1. The van der Waals surface area contributed by atoms with Gasteiger partial charge in [0.2, 0.25) is 0 Å². The minimum Gasteiger partial charge on any atom is -0.407 e. The van der Waals surface area contributed by atoms with Crippen molar-refractivity contribution in [2.45, 2.75) is 69.2 Å². The fourth-order valence-electron chi connectivity index (χ4n) is 4.44. The van der Waals surface area contributed by atoms with Crippen molar-refractivity contribution in [1.82, 2.24) is 19.5 Å². The van der Waals surface area contributed by atoms with Gasteiger partial charge in [-0.2, -0.15) is 0 Å². The Balaban J connectivity index is 1.45. The molecule has 4 heterocycles. The molecule has 2 N–H and O–H groups in total. The third kappa shape index (κ3) is 5.45. The van der Waals surface area contributed by atoms with Gasteiger partial charge in [-0.3, -0.25) is 23.7 Å². The minimum atomic E-state index is -3.63. The van der Waals surface area contributed by atoms with Gasteiger partial charge in [0.25, 0.3) is 5.69 Å². The van der Waals surface area contributed by atoms with Crippen LogP contribution in [-0.2, 0) is 28.5 Å². The molecule has 0 spiro atoms. The summed E-state index contributed by atoms with van der Waals surface area (Å²) in [5.41, 5.74) is 8.41. The Kier molecular flexibility index (Phi) is 7.66. The molecule has 0 amide bonds. The van der Waals surface area contributed by atoms with Gasteiger partial charge in [-0.1, -0.05) is 32.9 Å².